The smallest absolute Gasteiger partial charge is 0.261 e. The molecule has 1 heterocycles. The van der Waals surface area contributed by atoms with E-state index in [-0.39, 0.29) is 12.2 Å². The fourth-order valence-electron chi connectivity index (χ4n) is 2.41. The molecule has 28 heavy (non-hydrogen) atoms. The van der Waals surface area contributed by atoms with Gasteiger partial charge in [-0.05, 0) is 30.3 Å². The van der Waals surface area contributed by atoms with Crippen molar-refractivity contribution in [1.29, 1.82) is 0 Å². The first-order valence-corrected chi connectivity index (χ1v) is 8.37. The highest BCUT2D eigenvalue weighted by molar-refractivity contribution is 6.31. The first-order chi connectivity index (χ1) is 13.3. The fourth-order valence-corrected chi connectivity index (χ4v) is 2.58. The van der Waals surface area contributed by atoms with Gasteiger partial charge in [-0.25, -0.2) is 13.8 Å². The van der Waals surface area contributed by atoms with Crippen LogP contribution in [0.15, 0.2) is 47.5 Å². The zero-order chi connectivity index (χ0) is 20.3. The molecule has 2 amide bonds. The van der Waals surface area contributed by atoms with Crippen LogP contribution in [0.2, 0.25) is 5.02 Å². The zero-order valence-electron chi connectivity index (χ0n) is 14.2. The van der Waals surface area contributed by atoms with Crippen molar-refractivity contribution in [2.45, 2.75) is 6.54 Å². The van der Waals surface area contributed by atoms with E-state index in [1.165, 1.54) is 24.5 Å². The molecular weight excluding hydrogens is 394 g/mol. The van der Waals surface area contributed by atoms with E-state index in [1.807, 2.05) is 0 Å². The molecule has 1 aromatic heterocycles. The van der Waals surface area contributed by atoms with Crippen molar-refractivity contribution in [3.8, 4) is 0 Å². The standard InChI is InChI=1S/C18H13ClF2N4O3/c19-10-1-3-12-15(5-10)23-9-25(18(12)28)8-17(27)22-7-16(26)24-11-2-4-13(20)14(21)6-11/h1-6,9H,7-8H2,(H,22,27)(H,24,26). The van der Waals surface area contributed by atoms with Crippen molar-refractivity contribution in [2.24, 2.45) is 0 Å². The quantitative estimate of drug-likeness (QED) is 0.678. The van der Waals surface area contributed by atoms with Gasteiger partial charge >= 0.3 is 0 Å². The van der Waals surface area contributed by atoms with Crippen molar-refractivity contribution in [1.82, 2.24) is 14.9 Å². The summed E-state index contributed by atoms with van der Waals surface area (Å²) in [5.41, 5.74) is 0.0230. The van der Waals surface area contributed by atoms with Gasteiger partial charge < -0.3 is 10.6 Å². The van der Waals surface area contributed by atoms with Gasteiger partial charge in [-0.3, -0.25) is 19.0 Å². The van der Waals surface area contributed by atoms with E-state index in [1.54, 1.807) is 6.07 Å². The summed E-state index contributed by atoms with van der Waals surface area (Å²) in [4.78, 5) is 40.2. The number of aromatic nitrogens is 2. The van der Waals surface area contributed by atoms with Crippen LogP contribution in [0.3, 0.4) is 0 Å². The minimum Gasteiger partial charge on any atom is -0.345 e. The van der Waals surface area contributed by atoms with E-state index in [9.17, 15) is 23.2 Å². The van der Waals surface area contributed by atoms with Crippen LogP contribution in [0.1, 0.15) is 0 Å². The van der Waals surface area contributed by atoms with E-state index in [4.69, 9.17) is 11.6 Å². The summed E-state index contributed by atoms with van der Waals surface area (Å²) in [5, 5.41) is 5.38. The Bertz CT molecular complexity index is 1130. The second-order valence-corrected chi connectivity index (χ2v) is 6.23. The summed E-state index contributed by atoms with van der Waals surface area (Å²) in [7, 11) is 0. The lowest BCUT2D eigenvalue weighted by molar-refractivity contribution is -0.124. The summed E-state index contributed by atoms with van der Waals surface area (Å²) in [6.07, 6.45) is 1.21. The van der Waals surface area contributed by atoms with E-state index < -0.39 is 35.6 Å². The summed E-state index contributed by atoms with van der Waals surface area (Å²) < 4.78 is 27.1. The average Bonchev–Trinajstić information content (AvgIpc) is 2.65. The van der Waals surface area contributed by atoms with Gasteiger partial charge in [0.1, 0.15) is 6.54 Å². The third kappa shape index (κ3) is 4.49. The first kappa shape index (κ1) is 19.4. The third-order valence-corrected chi connectivity index (χ3v) is 3.99. The van der Waals surface area contributed by atoms with Crippen molar-refractivity contribution in [3.05, 3.63) is 69.7 Å². The normalized spacial score (nSPS) is 10.7. The maximum atomic E-state index is 13.1. The number of carbonyl (C=O) groups excluding carboxylic acids is 2. The van der Waals surface area contributed by atoms with Crippen LogP contribution >= 0.6 is 11.6 Å². The number of hydrogen-bond donors (Lipinski definition) is 2. The van der Waals surface area contributed by atoms with Crippen molar-refractivity contribution in [3.63, 3.8) is 0 Å². The molecule has 144 valence electrons. The number of nitrogens with zero attached hydrogens (tertiary/aromatic N) is 2. The largest absolute Gasteiger partial charge is 0.345 e. The third-order valence-electron chi connectivity index (χ3n) is 3.75. The van der Waals surface area contributed by atoms with Crippen LogP contribution in [0.4, 0.5) is 14.5 Å². The number of anilines is 1. The molecule has 0 spiro atoms. The second-order valence-electron chi connectivity index (χ2n) is 5.79. The van der Waals surface area contributed by atoms with Gasteiger partial charge in [0, 0.05) is 16.8 Å². The van der Waals surface area contributed by atoms with Crippen LogP contribution in [0.5, 0.6) is 0 Å². The number of rotatable bonds is 5. The molecule has 0 unspecified atom stereocenters. The SMILES string of the molecule is O=C(Cn1cnc2cc(Cl)ccc2c1=O)NCC(=O)Nc1ccc(F)c(F)c1. The molecule has 10 heteroatoms. The Balaban J connectivity index is 1.59. The highest BCUT2D eigenvalue weighted by atomic mass is 35.5. The maximum Gasteiger partial charge on any atom is 0.261 e. The Morgan fingerprint density at radius 1 is 1.07 bits per heavy atom. The highest BCUT2D eigenvalue weighted by Crippen LogP contribution is 2.14. The van der Waals surface area contributed by atoms with E-state index in [0.717, 1.165) is 16.7 Å². The molecule has 0 aliphatic carbocycles. The van der Waals surface area contributed by atoms with Gasteiger partial charge in [0.25, 0.3) is 5.56 Å². The van der Waals surface area contributed by atoms with Gasteiger partial charge in [-0.15, -0.1) is 0 Å². The zero-order valence-corrected chi connectivity index (χ0v) is 15.0. The predicted octanol–water partition coefficient (Wildman–Crippen LogP) is 2.08. The lowest BCUT2D eigenvalue weighted by Gasteiger charge is -2.09. The molecule has 7 nitrogen and oxygen atoms in total. The summed E-state index contributed by atoms with van der Waals surface area (Å²) >= 11 is 5.85. The average molecular weight is 407 g/mol. The van der Waals surface area contributed by atoms with Crippen LogP contribution in [-0.2, 0) is 16.1 Å². The minimum atomic E-state index is -1.11. The van der Waals surface area contributed by atoms with Gasteiger partial charge in [-0.1, -0.05) is 11.6 Å². The van der Waals surface area contributed by atoms with Gasteiger partial charge in [0.05, 0.1) is 23.8 Å². The number of hydrogen-bond acceptors (Lipinski definition) is 4. The van der Waals surface area contributed by atoms with Crippen LogP contribution in [0.25, 0.3) is 10.9 Å². The Kier molecular flexibility index (Phi) is 5.65. The predicted molar refractivity (Wildman–Crippen MR) is 99.0 cm³/mol. The Morgan fingerprint density at radius 3 is 2.61 bits per heavy atom. The van der Waals surface area contributed by atoms with Crippen molar-refractivity contribution >= 4 is 40.0 Å². The number of carbonyl (C=O) groups is 2. The minimum absolute atomic E-state index is 0.0479. The molecule has 0 aliphatic rings. The molecule has 0 saturated carbocycles. The van der Waals surface area contributed by atoms with Crippen molar-refractivity contribution in [2.75, 3.05) is 11.9 Å². The summed E-state index contributed by atoms with van der Waals surface area (Å²) in [6.45, 7) is -0.758. The number of benzene rings is 2. The molecule has 0 aliphatic heterocycles. The van der Waals surface area contributed by atoms with Crippen LogP contribution in [0, 0.1) is 11.6 Å². The molecule has 3 aromatic rings. The molecule has 3 rings (SSSR count). The number of amides is 2. The molecule has 2 aromatic carbocycles. The molecule has 0 saturated heterocycles. The fraction of sp³-hybridized carbons (Fsp3) is 0.111. The molecule has 0 radical (unpaired) electrons. The Hall–Kier alpha value is -3.33. The van der Waals surface area contributed by atoms with Gasteiger partial charge in [0.15, 0.2) is 11.6 Å². The van der Waals surface area contributed by atoms with Crippen LogP contribution < -0.4 is 16.2 Å². The molecular formula is C18H13ClF2N4O3. The number of fused-ring (bicyclic) bond motifs is 1. The summed E-state index contributed by atoms with van der Waals surface area (Å²) in [6, 6.07) is 7.46. The first-order valence-electron chi connectivity index (χ1n) is 8.00. The number of nitrogens with one attached hydrogen (secondary N) is 2. The van der Waals surface area contributed by atoms with E-state index in [0.29, 0.717) is 15.9 Å². The topological polar surface area (TPSA) is 93.1 Å². The van der Waals surface area contributed by atoms with E-state index in [2.05, 4.69) is 15.6 Å². The highest BCUT2D eigenvalue weighted by Gasteiger charge is 2.11. The monoisotopic (exact) mass is 406 g/mol. The number of halogens is 3. The second kappa shape index (κ2) is 8.13. The maximum absolute atomic E-state index is 13.1. The van der Waals surface area contributed by atoms with Crippen LogP contribution in [-0.4, -0.2) is 27.9 Å². The molecule has 0 atom stereocenters. The lowest BCUT2D eigenvalue weighted by atomic mass is 10.2. The summed E-state index contributed by atoms with van der Waals surface area (Å²) in [5.74, 6) is -3.38. The molecule has 2 N–H and O–H groups in total. The van der Waals surface area contributed by atoms with Crippen molar-refractivity contribution < 1.29 is 18.4 Å². The Labute approximate surface area is 161 Å². The van der Waals surface area contributed by atoms with Gasteiger partial charge in [-0.2, -0.15) is 0 Å². The molecule has 0 fully saturated rings. The van der Waals surface area contributed by atoms with Gasteiger partial charge in [0.2, 0.25) is 11.8 Å². The molecule has 0 bridgehead atoms. The van der Waals surface area contributed by atoms with E-state index >= 15 is 0 Å². The Morgan fingerprint density at radius 2 is 1.86 bits per heavy atom. The lowest BCUT2D eigenvalue weighted by Crippen LogP contribution is -2.37.